The zero-order valence-electron chi connectivity index (χ0n) is 8.68. The lowest BCUT2D eigenvalue weighted by Crippen LogP contribution is -2.31. The van der Waals surface area contributed by atoms with E-state index >= 15 is 0 Å². The molecule has 0 aliphatic rings. The van der Waals surface area contributed by atoms with E-state index in [-0.39, 0.29) is 0 Å². The second kappa shape index (κ2) is 4.70. The molecule has 3 nitrogen and oxygen atoms in total. The van der Waals surface area contributed by atoms with Crippen LogP contribution in [0.5, 0.6) is 0 Å². The first kappa shape index (κ1) is 11.8. The highest BCUT2D eigenvalue weighted by Gasteiger charge is 2.15. The SMILES string of the molecule is C=C/C=C(\C)NC(=O)OC(C)(C)C. The van der Waals surface area contributed by atoms with Gasteiger partial charge in [0, 0.05) is 5.70 Å². The zero-order valence-corrected chi connectivity index (χ0v) is 8.68. The third kappa shape index (κ3) is 7.12. The summed E-state index contributed by atoms with van der Waals surface area (Å²) in [5, 5.41) is 2.57. The quantitative estimate of drug-likeness (QED) is 0.668. The van der Waals surface area contributed by atoms with Crippen LogP contribution in [0.1, 0.15) is 27.7 Å². The molecule has 0 saturated carbocycles. The van der Waals surface area contributed by atoms with Gasteiger partial charge in [0.2, 0.25) is 0 Å². The number of carbonyl (C=O) groups excluding carboxylic acids is 1. The molecule has 74 valence electrons. The molecule has 0 aromatic heterocycles. The molecule has 0 radical (unpaired) electrons. The third-order valence-corrected chi connectivity index (χ3v) is 1.07. The Morgan fingerprint density at radius 3 is 2.38 bits per heavy atom. The minimum Gasteiger partial charge on any atom is -0.444 e. The number of rotatable bonds is 2. The van der Waals surface area contributed by atoms with Crippen molar-refractivity contribution in [2.24, 2.45) is 0 Å². The highest BCUT2D eigenvalue weighted by molar-refractivity contribution is 5.69. The second-order valence-electron chi connectivity index (χ2n) is 3.71. The second-order valence-corrected chi connectivity index (χ2v) is 3.71. The summed E-state index contributed by atoms with van der Waals surface area (Å²) in [6, 6.07) is 0. The van der Waals surface area contributed by atoms with Crippen LogP contribution >= 0.6 is 0 Å². The van der Waals surface area contributed by atoms with Gasteiger partial charge in [0.1, 0.15) is 5.60 Å². The van der Waals surface area contributed by atoms with Gasteiger partial charge in [-0.25, -0.2) is 4.79 Å². The van der Waals surface area contributed by atoms with Crippen molar-refractivity contribution in [3.63, 3.8) is 0 Å². The van der Waals surface area contributed by atoms with Crippen LogP contribution < -0.4 is 5.32 Å². The Balaban J connectivity index is 4.03. The lowest BCUT2D eigenvalue weighted by molar-refractivity contribution is 0.0546. The maximum Gasteiger partial charge on any atom is 0.411 e. The number of ether oxygens (including phenoxy) is 1. The molecule has 0 unspecified atom stereocenters. The van der Waals surface area contributed by atoms with Crippen LogP contribution in [0.15, 0.2) is 24.4 Å². The summed E-state index contributed by atoms with van der Waals surface area (Å²) in [5.41, 5.74) is 0.252. The summed E-state index contributed by atoms with van der Waals surface area (Å²) in [6.07, 6.45) is 2.86. The van der Waals surface area contributed by atoms with Crippen molar-refractivity contribution in [2.75, 3.05) is 0 Å². The molecule has 0 spiro atoms. The van der Waals surface area contributed by atoms with Gasteiger partial charge in [0.05, 0.1) is 0 Å². The van der Waals surface area contributed by atoms with Crippen molar-refractivity contribution in [2.45, 2.75) is 33.3 Å². The molecular weight excluding hydrogens is 166 g/mol. The van der Waals surface area contributed by atoms with Gasteiger partial charge in [-0.3, -0.25) is 5.32 Å². The first-order valence-electron chi connectivity index (χ1n) is 4.14. The predicted octanol–water partition coefficient (Wildman–Crippen LogP) is 2.60. The van der Waals surface area contributed by atoms with Crippen LogP contribution in [-0.4, -0.2) is 11.7 Å². The minimum absolute atomic E-state index is 0.442. The molecule has 0 aliphatic heterocycles. The number of hydrogen-bond acceptors (Lipinski definition) is 2. The van der Waals surface area contributed by atoms with E-state index in [1.807, 2.05) is 20.8 Å². The molecule has 1 amide bonds. The lowest BCUT2D eigenvalue weighted by atomic mass is 10.2. The summed E-state index contributed by atoms with van der Waals surface area (Å²) in [7, 11) is 0. The van der Waals surface area contributed by atoms with Crippen LogP contribution in [0.25, 0.3) is 0 Å². The molecule has 0 aromatic carbocycles. The lowest BCUT2D eigenvalue weighted by Gasteiger charge is -2.19. The van der Waals surface area contributed by atoms with E-state index in [1.165, 1.54) is 0 Å². The summed E-state index contributed by atoms with van der Waals surface area (Å²) in [5.74, 6) is 0. The number of nitrogens with one attached hydrogen (secondary N) is 1. The van der Waals surface area contributed by atoms with E-state index in [2.05, 4.69) is 11.9 Å². The molecule has 3 heteroatoms. The van der Waals surface area contributed by atoms with Crippen LogP contribution in [-0.2, 0) is 4.74 Å². The fourth-order valence-corrected chi connectivity index (χ4v) is 0.683. The Morgan fingerprint density at radius 1 is 1.46 bits per heavy atom. The first-order chi connectivity index (χ1) is 5.85. The molecule has 0 bridgehead atoms. The number of carbonyl (C=O) groups is 1. The Bertz CT molecular complexity index is 224. The number of hydrogen-bond donors (Lipinski definition) is 1. The Hall–Kier alpha value is -1.25. The molecule has 0 fully saturated rings. The van der Waals surface area contributed by atoms with Crippen LogP contribution in [0, 0.1) is 0 Å². The Morgan fingerprint density at radius 2 is 2.00 bits per heavy atom. The largest absolute Gasteiger partial charge is 0.444 e. The predicted molar refractivity (Wildman–Crippen MR) is 53.3 cm³/mol. The van der Waals surface area contributed by atoms with Crippen LogP contribution in [0.4, 0.5) is 4.79 Å². The van der Waals surface area contributed by atoms with Gasteiger partial charge >= 0.3 is 6.09 Å². The number of allylic oxidation sites excluding steroid dienone is 3. The van der Waals surface area contributed by atoms with Crippen molar-refractivity contribution < 1.29 is 9.53 Å². The summed E-state index contributed by atoms with van der Waals surface area (Å²) in [4.78, 5) is 11.1. The molecule has 13 heavy (non-hydrogen) atoms. The van der Waals surface area contributed by atoms with E-state index in [9.17, 15) is 4.79 Å². The van der Waals surface area contributed by atoms with Crippen molar-refractivity contribution in [1.29, 1.82) is 0 Å². The van der Waals surface area contributed by atoms with E-state index in [1.54, 1.807) is 19.1 Å². The number of alkyl carbamates (subject to hydrolysis) is 1. The molecule has 0 rings (SSSR count). The third-order valence-electron chi connectivity index (χ3n) is 1.07. The highest BCUT2D eigenvalue weighted by Crippen LogP contribution is 2.06. The van der Waals surface area contributed by atoms with E-state index in [0.717, 1.165) is 0 Å². The number of amides is 1. The molecule has 0 atom stereocenters. The zero-order chi connectivity index (χ0) is 10.5. The van der Waals surface area contributed by atoms with Gasteiger partial charge in [-0.1, -0.05) is 12.7 Å². The van der Waals surface area contributed by atoms with Gasteiger partial charge in [-0.05, 0) is 33.8 Å². The fourth-order valence-electron chi connectivity index (χ4n) is 0.683. The first-order valence-corrected chi connectivity index (χ1v) is 4.14. The van der Waals surface area contributed by atoms with Crippen LogP contribution in [0.2, 0.25) is 0 Å². The minimum atomic E-state index is -0.460. The Kier molecular flexibility index (Phi) is 4.25. The average molecular weight is 183 g/mol. The summed E-state index contributed by atoms with van der Waals surface area (Å²) in [6.45, 7) is 10.7. The smallest absolute Gasteiger partial charge is 0.411 e. The van der Waals surface area contributed by atoms with Crippen LogP contribution in [0.3, 0.4) is 0 Å². The molecule has 0 aromatic rings. The maximum atomic E-state index is 11.1. The van der Waals surface area contributed by atoms with Crippen molar-refractivity contribution in [3.05, 3.63) is 24.4 Å². The van der Waals surface area contributed by atoms with Gasteiger partial charge in [-0.2, -0.15) is 0 Å². The molecular formula is C10H17NO2. The van der Waals surface area contributed by atoms with E-state index < -0.39 is 11.7 Å². The molecule has 0 aliphatic carbocycles. The highest BCUT2D eigenvalue weighted by atomic mass is 16.6. The normalized spacial score (nSPS) is 12.2. The van der Waals surface area contributed by atoms with E-state index in [0.29, 0.717) is 5.70 Å². The molecule has 0 saturated heterocycles. The van der Waals surface area contributed by atoms with Gasteiger partial charge < -0.3 is 4.74 Å². The summed E-state index contributed by atoms with van der Waals surface area (Å²) < 4.78 is 5.03. The van der Waals surface area contributed by atoms with Gasteiger partial charge in [0.15, 0.2) is 0 Å². The van der Waals surface area contributed by atoms with Gasteiger partial charge in [0.25, 0.3) is 0 Å². The maximum absolute atomic E-state index is 11.1. The molecule has 0 heterocycles. The summed E-state index contributed by atoms with van der Waals surface area (Å²) >= 11 is 0. The average Bonchev–Trinajstić information content (AvgIpc) is 1.81. The van der Waals surface area contributed by atoms with Gasteiger partial charge in [-0.15, -0.1) is 0 Å². The molecule has 1 N–H and O–H groups in total. The van der Waals surface area contributed by atoms with Crippen molar-refractivity contribution in [3.8, 4) is 0 Å². The van der Waals surface area contributed by atoms with Crippen molar-refractivity contribution in [1.82, 2.24) is 5.32 Å². The Labute approximate surface area is 79.5 Å². The fraction of sp³-hybridized carbons (Fsp3) is 0.500. The standard InChI is InChI=1S/C10H17NO2/c1-6-7-8(2)11-9(12)13-10(3,4)5/h6-7H,1H2,2-5H3,(H,11,12)/b8-7+. The van der Waals surface area contributed by atoms with Crippen molar-refractivity contribution >= 4 is 6.09 Å². The topological polar surface area (TPSA) is 38.3 Å². The van der Waals surface area contributed by atoms with E-state index in [4.69, 9.17) is 4.74 Å². The monoisotopic (exact) mass is 183 g/mol.